The van der Waals surface area contributed by atoms with Gasteiger partial charge in [-0.15, -0.1) is 45.3 Å². The van der Waals surface area contributed by atoms with E-state index in [0.29, 0.717) is 11.1 Å². The van der Waals surface area contributed by atoms with Crippen LogP contribution in [0.5, 0.6) is 0 Å². The molecule has 0 bridgehead atoms. The SMILES string of the molecule is CCCCCCCCCCCCC1(CCCCCCCCCCCC)c2ccsc2-c2sc3c(c21)C=CN1C(=O)C2=C4c5sc6c(c5C=CN4C(=O)C2=C31)C(CCCCCCCCCCCC)(CCCCCCCCCCCC)c1ccsc1-6. The third kappa shape index (κ3) is 13.6. The summed E-state index contributed by atoms with van der Waals surface area (Å²) in [5.41, 5.74) is 11.6. The Hall–Kier alpha value is -3.30. The largest absolute Gasteiger partial charge is 0.281 e. The van der Waals surface area contributed by atoms with Gasteiger partial charge in [-0.2, -0.15) is 0 Å². The second-order valence-electron chi connectivity index (χ2n) is 26.7. The number of thiophene rings is 4. The summed E-state index contributed by atoms with van der Waals surface area (Å²) in [7, 11) is 0. The first-order valence-electron chi connectivity index (χ1n) is 35.5. The standard InChI is InChI=1S/C76H108N2O2S4/c1-5-9-13-17-21-25-29-33-37-41-49-75(50-42-38-34-30-26-22-18-14-10-6-2)59-47-55-81-69(59)71-63(75)57-45-53-77-65(67(57)83-71)61-62(74(77)80)66-68-58(46-54-78(66)73(61)79)64-72(84-68)70-60(48-56-82-70)76(64,51-43-39-35-31-27-23-19-15-11-7-3)52-44-40-36-32-28-24-20-16-12-8-4/h45-48,53-56H,5-44,49-52H2,1-4H3. The second-order valence-corrected chi connectivity index (χ2v) is 30.6. The molecule has 2 amide bonds. The molecule has 0 radical (unpaired) electrons. The lowest BCUT2D eigenvalue weighted by Gasteiger charge is -2.34. The number of hydrogen-bond donors (Lipinski definition) is 0. The van der Waals surface area contributed by atoms with Crippen molar-refractivity contribution in [1.29, 1.82) is 0 Å². The number of fused-ring (bicyclic) bond motifs is 15. The van der Waals surface area contributed by atoms with Gasteiger partial charge >= 0.3 is 0 Å². The van der Waals surface area contributed by atoms with Gasteiger partial charge in [0.25, 0.3) is 11.8 Å². The van der Waals surface area contributed by atoms with E-state index in [1.807, 2.05) is 55.1 Å². The summed E-state index contributed by atoms with van der Waals surface area (Å²) in [6.45, 7) is 9.25. The maximum atomic E-state index is 15.4. The number of unbranched alkanes of at least 4 members (excludes halogenated alkanes) is 36. The molecule has 0 N–H and O–H groups in total. The van der Waals surface area contributed by atoms with Crippen LogP contribution in [-0.4, -0.2) is 21.6 Å². The molecule has 0 fully saturated rings. The molecule has 4 aromatic rings. The Balaban J connectivity index is 0.935. The van der Waals surface area contributed by atoms with Gasteiger partial charge < -0.3 is 0 Å². The fourth-order valence-corrected chi connectivity index (χ4v) is 21.3. The first kappa shape index (κ1) is 63.7. The van der Waals surface area contributed by atoms with Crippen molar-refractivity contribution in [2.75, 3.05) is 0 Å². The van der Waals surface area contributed by atoms with Gasteiger partial charge in [-0.25, -0.2) is 0 Å². The molecule has 0 aromatic carbocycles. The van der Waals surface area contributed by atoms with E-state index in [0.717, 1.165) is 21.1 Å². The summed E-state index contributed by atoms with van der Waals surface area (Å²) in [6, 6.07) is 4.97. The van der Waals surface area contributed by atoms with E-state index in [9.17, 15) is 0 Å². The van der Waals surface area contributed by atoms with Crippen LogP contribution in [0.25, 0.3) is 43.1 Å². The second kappa shape index (κ2) is 31.7. The van der Waals surface area contributed by atoms with Gasteiger partial charge in [-0.3, -0.25) is 19.4 Å². The normalized spacial score (nSPS) is 16.3. The molecule has 10 rings (SSSR count). The highest BCUT2D eigenvalue weighted by atomic mass is 32.1. The van der Waals surface area contributed by atoms with Crippen molar-refractivity contribution < 1.29 is 9.59 Å². The maximum absolute atomic E-state index is 15.4. The topological polar surface area (TPSA) is 40.6 Å². The highest BCUT2D eigenvalue weighted by Crippen LogP contribution is 2.66. The molecule has 0 atom stereocenters. The Labute approximate surface area is 526 Å². The minimum atomic E-state index is -0.0437. The molecular weight excluding hydrogens is 1100 g/mol. The maximum Gasteiger partial charge on any atom is 0.265 e. The number of carbonyl (C=O) groups excluding carboxylic acids is 2. The predicted molar refractivity (Wildman–Crippen MR) is 368 cm³/mol. The quantitative estimate of drug-likeness (QED) is 0.0414. The van der Waals surface area contributed by atoms with Crippen LogP contribution in [0.4, 0.5) is 0 Å². The molecule has 0 spiro atoms. The average molecular weight is 1210 g/mol. The van der Waals surface area contributed by atoms with Gasteiger partial charge in [0.1, 0.15) is 0 Å². The number of nitrogens with zero attached hydrogens (tertiary/aromatic N) is 2. The molecule has 4 aliphatic heterocycles. The molecule has 0 saturated carbocycles. The number of carbonyl (C=O) groups is 2. The summed E-state index contributed by atoms with van der Waals surface area (Å²) in [5.74, 6) is -0.0672. The molecule has 0 unspecified atom stereocenters. The Morgan fingerprint density at radius 1 is 0.333 bits per heavy atom. The molecule has 2 aliphatic carbocycles. The minimum absolute atomic E-state index is 0.0336. The average Bonchev–Trinajstić information content (AvgIpc) is 1.64. The number of hydrogen-bond acceptors (Lipinski definition) is 6. The summed E-state index contributed by atoms with van der Waals surface area (Å²) in [4.78, 5) is 42.6. The summed E-state index contributed by atoms with van der Waals surface area (Å²) >= 11 is 7.61. The molecular formula is C76H108N2O2S4. The third-order valence-corrected chi connectivity index (χ3v) is 25.3. The zero-order valence-corrected chi connectivity index (χ0v) is 56.3. The van der Waals surface area contributed by atoms with Crippen molar-refractivity contribution in [2.45, 2.75) is 321 Å². The van der Waals surface area contributed by atoms with E-state index in [4.69, 9.17) is 0 Å². The van der Waals surface area contributed by atoms with Crippen LogP contribution >= 0.6 is 45.3 Å². The van der Waals surface area contributed by atoms with E-state index < -0.39 is 0 Å². The van der Waals surface area contributed by atoms with Crippen LogP contribution in [0.15, 0.2) is 46.4 Å². The molecule has 8 heterocycles. The van der Waals surface area contributed by atoms with Gasteiger partial charge in [-0.05, 0) is 83.0 Å². The smallest absolute Gasteiger partial charge is 0.265 e. The Bertz CT molecular complexity index is 2670. The first-order chi connectivity index (χ1) is 41.5. The zero-order valence-electron chi connectivity index (χ0n) is 53.1. The highest BCUT2D eigenvalue weighted by Gasteiger charge is 2.55. The Kier molecular flexibility index (Phi) is 24.1. The summed E-state index contributed by atoms with van der Waals surface area (Å²) in [5, 5.41) is 4.71. The van der Waals surface area contributed by atoms with Crippen LogP contribution < -0.4 is 0 Å². The lowest BCUT2D eigenvalue weighted by Crippen LogP contribution is -2.29. The third-order valence-electron chi connectivity index (χ3n) is 20.7. The van der Waals surface area contributed by atoms with Crippen molar-refractivity contribution in [3.63, 3.8) is 0 Å². The molecule has 84 heavy (non-hydrogen) atoms. The van der Waals surface area contributed by atoms with E-state index in [1.165, 1.54) is 324 Å². The van der Waals surface area contributed by atoms with Crippen LogP contribution in [0.1, 0.15) is 353 Å². The van der Waals surface area contributed by atoms with E-state index >= 15 is 9.59 Å². The molecule has 6 aliphatic rings. The van der Waals surface area contributed by atoms with Crippen molar-refractivity contribution in [3.8, 4) is 19.5 Å². The first-order valence-corrected chi connectivity index (χ1v) is 38.9. The van der Waals surface area contributed by atoms with Gasteiger partial charge in [0.05, 0.1) is 32.3 Å². The summed E-state index contributed by atoms with van der Waals surface area (Å²) in [6.07, 6.45) is 67.2. The minimum Gasteiger partial charge on any atom is -0.281 e. The van der Waals surface area contributed by atoms with E-state index in [1.54, 1.807) is 11.1 Å². The van der Waals surface area contributed by atoms with E-state index in [-0.39, 0.29) is 22.6 Å². The van der Waals surface area contributed by atoms with Gasteiger partial charge in [0.2, 0.25) is 0 Å². The van der Waals surface area contributed by atoms with Gasteiger partial charge in [0.15, 0.2) is 0 Å². The Morgan fingerprint density at radius 2 is 0.595 bits per heavy atom. The van der Waals surface area contributed by atoms with Crippen LogP contribution in [-0.2, 0) is 20.4 Å². The van der Waals surface area contributed by atoms with E-state index in [2.05, 4.69) is 75.1 Å². The lowest BCUT2D eigenvalue weighted by atomic mass is 9.70. The molecule has 4 nitrogen and oxygen atoms in total. The number of amides is 2. The number of rotatable bonds is 44. The summed E-state index contributed by atoms with van der Waals surface area (Å²) < 4.78 is 0. The van der Waals surface area contributed by atoms with Crippen LogP contribution in [0.2, 0.25) is 0 Å². The Morgan fingerprint density at radius 3 is 0.869 bits per heavy atom. The fraction of sp³-hybridized carbons (Fsp3) is 0.658. The van der Waals surface area contributed by atoms with Gasteiger partial charge in [-0.1, -0.05) is 285 Å². The molecule has 4 aromatic heterocycles. The molecule has 458 valence electrons. The van der Waals surface area contributed by atoms with Crippen molar-refractivity contribution in [2.24, 2.45) is 0 Å². The zero-order chi connectivity index (χ0) is 58.1. The predicted octanol–water partition coefficient (Wildman–Crippen LogP) is 25.5. The monoisotopic (exact) mass is 1210 g/mol. The van der Waals surface area contributed by atoms with Crippen molar-refractivity contribution >= 4 is 80.7 Å². The molecule has 0 saturated heterocycles. The van der Waals surface area contributed by atoms with Gasteiger partial charge in [0, 0.05) is 53.9 Å². The van der Waals surface area contributed by atoms with Crippen molar-refractivity contribution in [1.82, 2.24) is 9.80 Å². The molecule has 8 heteroatoms. The van der Waals surface area contributed by atoms with Crippen molar-refractivity contribution in [3.05, 3.63) is 89.6 Å². The van der Waals surface area contributed by atoms with Crippen LogP contribution in [0.3, 0.4) is 0 Å². The highest BCUT2D eigenvalue weighted by molar-refractivity contribution is 7.23. The van der Waals surface area contributed by atoms with Crippen LogP contribution in [0, 0.1) is 0 Å². The lowest BCUT2D eigenvalue weighted by molar-refractivity contribution is -0.122. The fourth-order valence-electron chi connectivity index (χ4n) is 16.1.